The normalized spacial score (nSPS) is 12.7. The molecule has 10 heteroatoms. The number of nitriles is 1. The topological polar surface area (TPSA) is 123 Å². The first-order valence-corrected chi connectivity index (χ1v) is 9.82. The third kappa shape index (κ3) is 4.00. The van der Waals surface area contributed by atoms with E-state index in [2.05, 4.69) is 26.9 Å². The Balaban J connectivity index is 1.39. The molecule has 2 aromatic heterocycles. The number of nitrogens with zero attached hydrogens (tertiary/aromatic N) is 5. The van der Waals surface area contributed by atoms with E-state index < -0.39 is 18.5 Å². The zero-order chi connectivity index (χ0) is 20.2. The number of carbonyl (C=O) groups is 2. The predicted molar refractivity (Wildman–Crippen MR) is 104 cm³/mol. The number of carbonyl (C=O) groups excluding carboxylic acids is 2. The molecular weight excluding hydrogens is 392 g/mol. The molecule has 0 spiro atoms. The van der Waals surface area contributed by atoms with Crippen LogP contribution in [-0.2, 0) is 22.4 Å². The molecule has 0 unspecified atom stereocenters. The van der Waals surface area contributed by atoms with Crippen molar-refractivity contribution in [2.45, 2.75) is 25.7 Å². The molecule has 0 bridgehead atoms. The maximum atomic E-state index is 12.3. The minimum Gasteiger partial charge on any atom is -0.452 e. The maximum Gasteiger partial charge on any atom is 0.338 e. The lowest BCUT2D eigenvalue weighted by Gasteiger charge is -2.09. The van der Waals surface area contributed by atoms with Crippen LogP contribution in [0.2, 0.25) is 0 Å². The van der Waals surface area contributed by atoms with Crippen LogP contribution in [0.25, 0.3) is 5.69 Å². The Labute approximate surface area is 169 Å². The molecule has 1 aliphatic carbocycles. The molecule has 0 saturated carbocycles. The molecule has 0 atom stereocenters. The van der Waals surface area contributed by atoms with Crippen molar-refractivity contribution in [3.05, 3.63) is 52.2 Å². The molecule has 0 radical (unpaired) electrons. The monoisotopic (exact) mass is 408 g/mol. The van der Waals surface area contributed by atoms with E-state index in [1.807, 2.05) is 0 Å². The summed E-state index contributed by atoms with van der Waals surface area (Å²) >= 11 is 1.43. The average molecular weight is 408 g/mol. The molecule has 146 valence electrons. The summed E-state index contributed by atoms with van der Waals surface area (Å²) < 4.78 is 6.53. The largest absolute Gasteiger partial charge is 0.452 e. The number of fused-ring (bicyclic) bond motifs is 1. The summed E-state index contributed by atoms with van der Waals surface area (Å²) in [4.78, 5) is 25.7. The Morgan fingerprint density at radius 1 is 1.31 bits per heavy atom. The van der Waals surface area contributed by atoms with Gasteiger partial charge in [0.05, 0.1) is 16.8 Å². The molecule has 1 aromatic carbocycles. The summed E-state index contributed by atoms with van der Waals surface area (Å²) in [7, 11) is 0. The number of benzene rings is 1. The van der Waals surface area contributed by atoms with E-state index in [4.69, 9.17) is 4.74 Å². The van der Waals surface area contributed by atoms with Gasteiger partial charge in [0.2, 0.25) is 0 Å². The smallest absolute Gasteiger partial charge is 0.338 e. The van der Waals surface area contributed by atoms with Crippen molar-refractivity contribution >= 4 is 28.2 Å². The van der Waals surface area contributed by atoms with Gasteiger partial charge in [0, 0.05) is 4.88 Å². The number of hydrogen-bond acceptors (Lipinski definition) is 8. The van der Waals surface area contributed by atoms with Crippen molar-refractivity contribution < 1.29 is 14.3 Å². The summed E-state index contributed by atoms with van der Waals surface area (Å²) in [5.41, 5.74) is 2.43. The van der Waals surface area contributed by atoms with E-state index in [0.29, 0.717) is 16.3 Å². The van der Waals surface area contributed by atoms with Gasteiger partial charge in [-0.25, -0.2) is 9.48 Å². The third-order valence-electron chi connectivity index (χ3n) is 4.57. The zero-order valence-electron chi connectivity index (χ0n) is 15.3. The average Bonchev–Trinajstić information content (AvgIpc) is 3.39. The van der Waals surface area contributed by atoms with Crippen molar-refractivity contribution in [1.82, 2.24) is 20.2 Å². The van der Waals surface area contributed by atoms with Gasteiger partial charge < -0.3 is 10.1 Å². The lowest BCUT2D eigenvalue weighted by atomic mass is 9.96. The Bertz CT molecular complexity index is 1100. The van der Waals surface area contributed by atoms with Crippen LogP contribution in [-0.4, -0.2) is 38.7 Å². The van der Waals surface area contributed by atoms with Gasteiger partial charge in [0.25, 0.3) is 5.91 Å². The standard InChI is InChI=1S/C19H16N6O3S/c20-9-15-14-6-1-2-7-16(14)29-18(15)22-17(26)10-28-19(27)12-4-3-5-13(8-12)25-11-21-23-24-25/h3-5,8,11H,1-2,6-7,10H2,(H,22,26). The van der Waals surface area contributed by atoms with Gasteiger partial charge in [-0.05, 0) is 59.9 Å². The summed E-state index contributed by atoms with van der Waals surface area (Å²) in [6.45, 7) is -0.443. The molecule has 0 fully saturated rings. The van der Waals surface area contributed by atoms with Crippen LogP contribution in [0.1, 0.15) is 39.2 Å². The zero-order valence-corrected chi connectivity index (χ0v) is 16.1. The van der Waals surface area contributed by atoms with Crippen molar-refractivity contribution in [3.63, 3.8) is 0 Å². The number of amides is 1. The van der Waals surface area contributed by atoms with Gasteiger partial charge in [-0.1, -0.05) is 6.07 Å². The first kappa shape index (κ1) is 18.8. The molecule has 3 aromatic rings. The number of aryl methyl sites for hydroxylation is 1. The summed E-state index contributed by atoms with van der Waals surface area (Å²) in [5, 5.41) is 23.6. The Kier molecular flexibility index (Phi) is 5.31. The first-order chi connectivity index (χ1) is 14.2. The Morgan fingerprint density at radius 3 is 2.97 bits per heavy atom. The maximum absolute atomic E-state index is 12.3. The van der Waals surface area contributed by atoms with E-state index in [1.54, 1.807) is 24.3 Å². The van der Waals surface area contributed by atoms with Crippen LogP contribution in [0.5, 0.6) is 0 Å². The highest BCUT2D eigenvalue weighted by molar-refractivity contribution is 7.16. The second-order valence-corrected chi connectivity index (χ2v) is 7.56. The number of anilines is 1. The lowest BCUT2D eigenvalue weighted by Crippen LogP contribution is -2.21. The van der Waals surface area contributed by atoms with Gasteiger partial charge in [-0.2, -0.15) is 5.26 Å². The van der Waals surface area contributed by atoms with Gasteiger partial charge in [-0.15, -0.1) is 16.4 Å². The molecule has 2 heterocycles. The Morgan fingerprint density at radius 2 is 2.17 bits per heavy atom. The third-order valence-corrected chi connectivity index (χ3v) is 5.77. The molecular formula is C19H16N6O3S. The van der Waals surface area contributed by atoms with Crippen molar-refractivity contribution in [3.8, 4) is 11.8 Å². The second-order valence-electron chi connectivity index (χ2n) is 6.46. The number of thiophene rings is 1. The minimum absolute atomic E-state index is 0.273. The number of nitrogens with one attached hydrogen (secondary N) is 1. The van der Waals surface area contributed by atoms with Crippen LogP contribution in [0, 0.1) is 11.3 Å². The highest BCUT2D eigenvalue weighted by Crippen LogP contribution is 2.37. The number of tetrazole rings is 1. The van der Waals surface area contributed by atoms with Gasteiger partial charge in [0.1, 0.15) is 17.4 Å². The summed E-state index contributed by atoms with van der Waals surface area (Å²) in [6.07, 6.45) is 5.33. The highest BCUT2D eigenvalue weighted by Gasteiger charge is 2.22. The molecule has 29 heavy (non-hydrogen) atoms. The highest BCUT2D eigenvalue weighted by atomic mass is 32.1. The van der Waals surface area contributed by atoms with E-state index >= 15 is 0 Å². The van der Waals surface area contributed by atoms with Gasteiger partial charge >= 0.3 is 5.97 Å². The van der Waals surface area contributed by atoms with Crippen LogP contribution in [0.15, 0.2) is 30.6 Å². The van der Waals surface area contributed by atoms with E-state index in [-0.39, 0.29) is 5.56 Å². The fraction of sp³-hybridized carbons (Fsp3) is 0.263. The SMILES string of the molecule is N#Cc1c(NC(=O)COC(=O)c2cccc(-n3cnnn3)c2)sc2c1CCCC2. The van der Waals surface area contributed by atoms with Gasteiger partial charge in [-0.3, -0.25) is 4.79 Å². The molecule has 1 N–H and O–H groups in total. The number of rotatable bonds is 5. The van der Waals surface area contributed by atoms with E-state index in [1.165, 1.54) is 22.3 Å². The first-order valence-electron chi connectivity index (χ1n) is 9.00. The lowest BCUT2D eigenvalue weighted by molar-refractivity contribution is -0.119. The minimum atomic E-state index is -0.638. The molecule has 9 nitrogen and oxygen atoms in total. The van der Waals surface area contributed by atoms with E-state index in [0.717, 1.165) is 36.1 Å². The number of esters is 1. The molecule has 1 amide bonds. The van der Waals surface area contributed by atoms with Crippen LogP contribution in [0.3, 0.4) is 0 Å². The number of hydrogen-bond donors (Lipinski definition) is 1. The van der Waals surface area contributed by atoms with Crippen molar-refractivity contribution in [2.75, 3.05) is 11.9 Å². The van der Waals surface area contributed by atoms with Crippen molar-refractivity contribution in [1.29, 1.82) is 5.26 Å². The molecule has 1 aliphatic rings. The number of aromatic nitrogens is 4. The summed E-state index contributed by atoms with van der Waals surface area (Å²) in [6, 6.07) is 8.74. The van der Waals surface area contributed by atoms with Crippen molar-refractivity contribution in [2.24, 2.45) is 0 Å². The van der Waals surface area contributed by atoms with Crippen LogP contribution >= 0.6 is 11.3 Å². The van der Waals surface area contributed by atoms with Crippen LogP contribution < -0.4 is 5.32 Å². The van der Waals surface area contributed by atoms with E-state index in [9.17, 15) is 14.9 Å². The molecule has 4 rings (SSSR count). The fourth-order valence-electron chi connectivity index (χ4n) is 3.20. The second kappa shape index (κ2) is 8.20. The Hall–Kier alpha value is -3.58. The number of ether oxygens (including phenoxy) is 1. The van der Waals surface area contributed by atoms with Gasteiger partial charge in [0.15, 0.2) is 6.61 Å². The fourth-order valence-corrected chi connectivity index (χ4v) is 4.46. The quantitative estimate of drug-likeness (QED) is 0.642. The molecule has 0 saturated heterocycles. The van der Waals surface area contributed by atoms with Crippen LogP contribution in [0.4, 0.5) is 5.00 Å². The predicted octanol–water partition coefficient (Wildman–Crippen LogP) is 2.27. The summed E-state index contributed by atoms with van der Waals surface area (Å²) in [5.74, 6) is -1.12. The molecule has 0 aliphatic heterocycles.